The minimum Gasteiger partial charge on any atom is -0.496 e. The highest BCUT2D eigenvalue weighted by molar-refractivity contribution is 9.10. The number of anilines is 1. The molecule has 0 radical (unpaired) electrons. The molecule has 2 aromatic rings. The molecule has 0 atom stereocenters. The maximum absolute atomic E-state index is 5.81. The van der Waals surface area contributed by atoms with Gasteiger partial charge in [0.05, 0.1) is 12.8 Å². The Kier molecular flexibility index (Phi) is 3.11. The normalized spacial score (nSPS) is 10.6. The van der Waals surface area contributed by atoms with Gasteiger partial charge in [0.1, 0.15) is 5.75 Å². The van der Waals surface area contributed by atoms with Crippen molar-refractivity contribution in [3.8, 4) is 17.0 Å². The summed E-state index contributed by atoms with van der Waals surface area (Å²) in [5, 5.41) is 0. The van der Waals surface area contributed by atoms with Crippen LogP contribution < -0.4 is 10.5 Å². The van der Waals surface area contributed by atoms with Crippen LogP contribution in [0.15, 0.2) is 22.7 Å². The third-order valence-electron chi connectivity index (χ3n) is 2.83. The lowest BCUT2D eigenvalue weighted by molar-refractivity contribution is 0.416. The van der Waals surface area contributed by atoms with Gasteiger partial charge < -0.3 is 15.0 Å². The Morgan fingerprint density at radius 2 is 2.12 bits per heavy atom. The second-order valence-electron chi connectivity index (χ2n) is 3.81. The molecule has 0 amide bonds. The van der Waals surface area contributed by atoms with Gasteiger partial charge in [-0.05, 0) is 25.1 Å². The summed E-state index contributed by atoms with van der Waals surface area (Å²) in [6, 6.07) is 5.82. The number of ether oxygens (including phenoxy) is 1. The standard InChI is InChI=1S/C12H14BrN3O/c1-7-11(15-12(14)16(7)2)9-6-8(13)4-5-10(9)17-3/h4-6H,1-3H3,(H2,14,15). The second-order valence-corrected chi connectivity index (χ2v) is 4.72. The van der Waals surface area contributed by atoms with Crippen molar-refractivity contribution in [3.05, 3.63) is 28.4 Å². The number of nitrogens with two attached hydrogens (primary N) is 1. The van der Waals surface area contributed by atoms with Crippen LogP contribution in [0.25, 0.3) is 11.3 Å². The number of hydrogen-bond donors (Lipinski definition) is 1. The van der Waals surface area contributed by atoms with Crippen LogP contribution in [0.2, 0.25) is 0 Å². The molecule has 0 aliphatic rings. The number of rotatable bonds is 2. The Morgan fingerprint density at radius 3 is 2.65 bits per heavy atom. The summed E-state index contributed by atoms with van der Waals surface area (Å²) < 4.78 is 8.19. The molecule has 0 saturated carbocycles. The predicted octanol–water partition coefficient (Wildman–Crippen LogP) is 2.75. The van der Waals surface area contributed by atoms with Gasteiger partial charge in [0.15, 0.2) is 0 Å². The van der Waals surface area contributed by atoms with Crippen molar-refractivity contribution < 1.29 is 4.74 Å². The van der Waals surface area contributed by atoms with Crippen LogP contribution >= 0.6 is 15.9 Å². The molecule has 0 aliphatic heterocycles. The molecule has 4 nitrogen and oxygen atoms in total. The SMILES string of the molecule is COc1ccc(Br)cc1-c1nc(N)n(C)c1C. The van der Waals surface area contributed by atoms with Gasteiger partial charge in [-0.25, -0.2) is 4.98 Å². The van der Waals surface area contributed by atoms with Crippen molar-refractivity contribution in [1.82, 2.24) is 9.55 Å². The Hall–Kier alpha value is -1.49. The first-order valence-corrected chi connectivity index (χ1v) is 5.96. The Morgan fingerprint density at radius 1 is 1.41 bits per heavy atom. The van der Waals surface area contributed by atoms with Crippen LogP contribution in [0.5, 0.6) is 5.75 Å². The molecule has 1 heterocycles. The maximum Gasteiger partial charge on any atom is 0.200 e. The van der Waals surface area contributed by atoms with E-state index >= 15 is 0 Å². The third-order valence-corrected chi connectivity index (χ3v) is 3.33. The summed E-state index contributed by atoms with van der Waals surface area (Å²) in [6.45, 7) is 1.99. The second kappa shape index (κ2) is 4.41. The summed E-state index contributed by atoms with van der Waals surface area (Å²) in [4.78, 5) is 4.37. The lowest BCUT2D eigenvalue weighted by Gasteiger charge is -2.08. The average molecular weight is 296 g/mol. The van der Waals surface area contributed by atoms with E-state index in [9.17, 15) is 0 Å². The lowest BCUT2D eigenvalue weighted by atomic mass is 10.1. The van der Waals surface area contributed by atoms with Crippen molar-refractivity contribution in [3.63, 3.8) is 0 Å². The number of nitrogens with zero attached hydrogens (tertiary/aromatic N) is 2. The summed E-state index contributed by atoms with van der Waals surface area (Å²) in [5.41, 5.74) is 8.61. The molecule has 5 heteroatoms. The van der Waals surface area contributed by atoms with Crippen LogP contribution in [0.3, 0.4) is 0 Å². The van der Waals surface area contributed by atoms with Crippen molar-refractivity contribution in [2.24, 2.45) is 7.05 Å². The first kappa shape index (κ1) is 12.0. The zero-order valence-corrected chi connectivity index (χ0v) is 11.6. The van der Waals surface area contributed by atoms with E-state index in [1.54, 1.807) is 7.11 Å². The quantitative estimate of drug-likeness (QED) is 0.927. The first-order valence-electron chi connectivity index (χ1n) is 5.17. The van der Waals surface area contributed by atoms with Gasteiger partial charge in [-0.15, -0.1) is 0 Å². The largest absolute Gasteiger partial charge is 0.496 e. The minimum absolute atomic E-state index is 0.500. The highest BCUT2D eigenvalue weighted by Crippen LogP contribution is 2.34. The Labute approximate surface area is 109 Å². The topological polar surface area (TPSA) is 53.1 Å². The van der Waals surface area contributed by atoms with Crippen LogP contribution in [-0.2, 0) is 7.05 Å². The number of imidazole rings is 1. The maximum atomic E-state index is 5.81. The number of halogens is 1. The van der Waals surface area contributed by atoms with Gasteiger partial charge in [-0.1, -0.05) is 15.9 Å². The minimum atomic E-state index is 0.500. The molecule has 0 spiro atoms. The molecule has 0 unspecified atom stereocenters. The van der Waals surface area contributed by atoms with Gasteiger partial charge in [0, 0.05) is 22.8 Å². The molecule has 0 saturated heterocycles. The number of hydrogen-bond acceptors (Lipinski definition) is 3. The van der Waals surface area contributed by atoms with Gasteiger partial charge in [0.2, 0.25) is 5.95 Å². The molecule has 1 aromatic heterocycles. The molecule has 0 fully saturated rings. The smallest absolute Gasteiger partial charge is 0.200 e. The summed E-state index contributed by atoms with van der Waals surface area (Å²) in [6.07, 6.45) is 0. The van der Waals surface area contributed by atoms with Crippen LogP contribution in [0.1, 0.15) is 5.69 Å². The molecule has 17 heavy (non-hydrogen) atoms. The summed E-state index contributed by atoms with van der Waals surface area (Å²) in [7, 11) is 3.54. The average Bonchev–Trinajstić information content (AvgIpc) is 2.57. The molecule has 90 valence electrons. The van der Waals surface area contributed by atoms with Crippen LogP contribution in [0.4, 0.5) is 5.95 Å². The molecule has 0 bridgehead atoms. The Balaban J connectivity index is 2.67. The van der Waals surface area contributed by atoms with E-state index in [1.165, 1.54) is 0 Å². The van der Waals surface area contributed by atoms with E-state index in [2.05, 4.69) is 20.9 Å². The van der Waals surface area contributed by atoms with E-state index in [4.69, 9.17) is 10.5 Å². The fourth-order valence-electron chi connectivity index (χ4n) is 1.72. The fraction of sp³-hybridized carbons (Fsp3) is 0.250. The molecule has 2 N–H and O–H groups in total. The molecular weight excluding hydrogens is 282 g/mol. The van der Waals surface area contributed by atoms with Crippen LogP contribution in [0, 0.1) is 6.92 Å². The van der Waals surface area contributed by atoms with E-state index in [0.717, 1.165) is 27.2 Å². The van der Waals surface area contributed by atoms with E-state index < -0.39 is 0 Å². The van der Waals surface area contributed by atoms with Crippen molar-refractivity contribution >= 4 is 21.9 Å². The summed E-state index contributed by atoms with van der Waals surface area (Å²) in [5.74, 6) is 1.29. The zero-order chi connectivity index (χ0) is 12.6. The van der Waals surface area contributed by atoms with Crippen molar-refractivity contribution in [1.29, 1.82) is 0 Å². The van der Waals surface area contributed by atoms with Crippen molar-refractivity contribution in [2.45, 2.75) is 6.92 Å². The van der Waals surface area contributed by atoms with E-state index in [-0.39, 0.29) is 0 Å². The first-order chi connectivity index (χ1) is 8.04. The van der Waals surface area contributed by atoms with Crippen molar-refractivity contribution in [2.75, 3.05) is 12.8 Å². The number of methoxy groups -OCH3 is 1. The molecular formula is C12H14BrN3O. The fourth-order valence-corrected chi connectivity index (χ4v) is 2.08. The van der Waals surface area contributed by atoms with Gasteiger partial charge >= 0.3 is 0 Å². The number of nitrogen functional groups attached to an aromatic ring is 1. The van der Waals surface area contributed by atoms with Gasteiger partial charge in [-0.2, -0.15) is 0 Å². The predicted molar refractivity (Wildman–Crippen MR) is 72.0 cm³/mol. The molecule has 1 aromatic carbocycles. The monoisotopic (exact) mass is 295 g/mol. The lowest BCUT2D eigenvalue weighted by Crippen LogP contribution is -1.97. The summed E-state index contributed by atoms with van der Waals surface area (Å²) >= 11 is 3.45. The van der Waals surface area contributed by atoms with Crippen LogP contribution in [-0.4, -0.2) is 16.7 Å². The van der Waals surface area contributed by atoms with Gasteiger partial charge in [-0.3, -0.25) is 0 Å². The highest BCUT2D eigenvalue weighted by Gasteiger charge is 2.15. The Bertz CT molecular complexity index is 563. The molecule has 0 aliphatic carbocycles. The number of aromatic nitrogens is 2. The highest BCUT2D eigenvalue weighted by atomic mass is 79.9. The number of benzene rings is 1. The molecule has 2 rings (SSSR count). The zero-order valence-electron chi connectivity index (χ0n) is 9.99. The third kappa shape index (κ3) is 2.02. The van der Waals surface area contributed by atoms with E-state index in [1.807, 2.05) is 36.7 Å². The van der Waals surface area contributed by atoms with Gasteiger partial charge in [0.25, 0.3) is 0 Å². The van der Waals surface area contributed by atoms with E-state index in [0.29, 0.717) is 5.95 Å².